The molecule has 1 heterocycles. The van der Waals surface area contributed by atoms with E-state index in [1.165, 1.54) is 11.3 Å². The van der Waals surface area contributed by atoms with Gasteiger partial charge in [0.2, 0.25) is 5.91 Å². The third kappa shape index (κ3) is 4.10. The number of nitrogens with one attached hydrogen (secondary N) is 1. The van der Waals surface area contributed by atoms with Crippen LogP contribution in [0.2, 0.25) is 0 Å². The highest BCUT2D eigenvalue weighted by Gasteiger charge is 2.11. The highest BCUT2D eigenvalue weighted by atomic mass is 16.2. The molecule has 0 saturated heterocycles. The van der Waals surface area contributed by atoms with E-state index in [1.807, 2.05) is 28.1 Å². The molecule has 22 heavy (non-hydrogen) atoms. The maximum Gasteiger partial charge on any atom is 0.222 e. The smallest absolute Gasteiger partial charge is 0.222 e. The Kier molecular flexibility index (Phi) is 5.20. The maximum absolute atomic E-state index is 12.2. The minimum Gasteiger partial charge on any atom is -0.378 e. The van der Waals surface area contributed by atoms with Crippen LogP contribution in [0.1, 0.15) is 23.2 Å². The molecule has 0 fully saturated rings. The Morgan fingerprint density at radius 1 is 1.18 bits per heavy atom. The van der Waals surface area contributed by atoms with Crippen molar-refractivity contribution < 1.29 is 4.79 Å². The van der Waals surface area contributed by atoms with Crippen LogP contribution in [0.15, 0.2) is 30.5 Å². The zero-order valence-electron chi connectivity index (χ0n) is 13.8. The number of carbonyl (C=O) groups excluding carboxylic acids is 1. The predicted octanol–water partition coefficient (Wildman–Crippen LogP) is 2.38. The summed E-state index contributed by atoms with van der Waals surface area (Å²) >= 11 is 0. The highest BCUT2D eigenvalue weighted by Crippen LogP contribution is 2.14. The van der Waals surface area contributed by atoms with Crippen molar-refractivity contribution in [3.05, 3.63) is 47.3 Å². The standard InChI is InChI=1S/C17H24N4O/c1-13-15(11-18-19-13)12-21(4)17(22)10-7-14-5-8-16(9-6-14)20(2)3/h5-6,8-9,11H,7,10,12H2,1-4H3,(H,18,19). The Hall–Kier alpha value is -2.30. The van der Waals surface area contributed by atoms with Gasteiger partial charge in [-0.2, -0.15) is 5.10 Å². The molecule has 0 bridgehead atoms. The van der Waals surface area contributed by atoms with E-state index < -0.39 is 0 Å². The van der Waals surface area contributed by atoms with Gasteiger partial charge in [0.25, 0.3) is 0 Å². The molecular weight excluding hydrogens is 276 g/mol. The second kappa shape index (κ2) is 7.11. The number of H-pyrrole nitrogens is 1. The first-order valence-corrected chi connectivity index (χ1v) is 7.46. The summed E-state index contributed by atoms with van der Waals surface area (Å²) in [5, 5.41) is 6.88. The zero-order chi connectivity index (χ0) is 16.1. The lowest BCUT2D eigenvalue weighted by atomic mass is 10.1. The third-order valence-electron chi connectivity index (χ3n) is 3.85. The summed E-state index contributed by atoms with van der Waals surface area (Å²) in [6.45, 7) is 2.56. The highest BCUT2D eigenvalue weighted by molar-refractivity contribution is 5.76. The van der Waals surface area contributed by atoms with Gasteiger partial charge in [0.15, 0.2) is 0 Å². The molecule has 0 aliphatic heterocycles. The minimum absolute atomic E-state index is 0.150. The van der Waals surface area contributed by atoms with E-state index in [-0.39, 0.29) is 5.91 Å². The Morgan fingerprint density at radius 2 is 1.86 bits per heavy atom. The lowest BCUT2D eigenvalue weighted by molar-refractivity contribution is -0.130. The van der Waals surface area contributed by atoms with Crippen LogP contribution < -0.4 is 4.90 Å². The molecule has 118 valence electrons. The van der Waals surface area contributed by atoms with Crippen LogP contribution >= 0.6 is 0 Å². The molecule has 5 nitrogen and oxygen atoms in total. The fourth-order valence-electron chi connectivity index (χ4n) is 2.28. The Bertz CT molecular complexity index is 616. The molecule has 0 spiro atoms. The molecule has 0 saturated carbocycles. The number of nitrogens with zero attached hydrogens (tertiary/aromatic N) is 3. The number of aromatic amines is 1. The number of aromatic nitrogens is 2. The maximum atomic E-state index is 12.2. The Labute approximate surface area is 131 Å². The summed E-state index contributed by atoms with van der Waals surface area (Å²) in [6.07, 6.45) is 3.06. The van der Waals surface area contributed by atoms with Crippen molar-refractivity contribution in [2.75, 3.05) is 26.0 Å². The van der Waals surface area contributed by atoms with Crippen molar-refractivity contribution in [1.82, 2.24) is 15.1 Å². The number of aryl methyl sites for hydroxylation is 2. The summed E-state index contributed by atoms with van der Waals surface area (Å²) in [4.78, 5) is 16.0. The van der Waals surface area contributed by atoms with Gasteiger partial charge in [-0.05, 0) is 31.0 Å². The van der Waals surface area contributed by atoms with E-state index in [0.717, 1.165) is 17.7 Å². The lowest BCUT2D eigenvalue weighted by Crippen LogP contribution is -2.26. The molecule has 0 aliphatic rings. The molecule has 1 aromatic heterocycles. The molecule has 1 N–H and O–H groups in total. The van der Waals surface area contributed by atoms with Crippen LogP contribution in [-0.2, 0) is 17.8 Å². The molecule has 0 unspecified atom stereocenters. The Morgan fingerprint density at radius 3 is 2.41 bits per heavy atom. The molecule has 5 heteroatoms. The number of amides is 1. The summed E-state index contributed by atoms with van der Waals surface area (Å²) < 4.78 is 0. The quantitative estimate of drug-likeness (QED) is 0.891. The normalized spacial score (nSPS) is 10.5. The topological polar surface area (TPSA) is 52.2 Å². The SMILES string of the molecule is Cc1[nH]ncc1CN(C)C(=O)CCc1ccc(N(C)C)cc1. The fraction of sp³-hybridized carbons (Fsp3) is 0.412. The zero-order valence-corrected chi connectivity index (χ0v) is 13.8. The van der Waals surface area contributed by atoms with Crippen molar-refractivity contribution in [1.29, 1.82) is 0 Å². The van der Waals surface area contributed by atoms with Gasteiger partial charge in [0.05, 0.1) is 6.20 Å². The van der Waals surface area contributed by atoms with E-state index in [0.29, 0.717) is 13.0 Å². The van der Waals surface area contributed by atoms with Crippen molar-refractivity contribution >= 4 is 11.6 Å². The number of carbonyl (C=O) groups is 1. The van der Waals surface area contributed by atoms with Gasteiger partial charge in [-0.3, -0.25) is 9.89 Å². The van der Waals surface area contributed by atoms with Crippen molar-refractivity contribution in [2.45, 2.75) is 26.3 Å². The van der Waals surface area contributed by atoms with Crippen LogP contribution in [0.3, 0.4) is 0 Å². The van der Waals surface area contributed by atoms with E-state index in [2.05, 4.69) is 39.4 Å². The van der Waals surface area contributed by atoms with E-state index in [9.17, 15) is 4.79 Å². The Balaban J connectivity index is 1.85. The summed E-state index contributed by atoms with van der Waals surface area (Å²) in [7, 11) is 5.88. The van der Waals surface area contributed by atoms with Gasteiger partial charge in [0, 0.05) is 51.1 Å². The van der Waals surface area contributed by atoms with E-state index in [4.69, 9.17) is 0 Å². The van der Waals surface area contributed by atoms with Gasteiger partial charge < -0.3 is 9.80 Å². The predicted molar refractivity (Wildman–Crippen MR) is 88.9 cm³/mol. The van der Waals surface area contributed by atoms with Crippen molar-refractivity contribution in [3.8, 4) is 0 Å². The van der Waals surface area contributed by atoms with Crippen molar-refractivity contribution in [3.63, 3.8) is 0 Å². The van der Waals surface area contributed by atoms with Gasteiger partial charge in [-0.1, -0.05) is 12.1 Å². The number of anilines is 1. The van der Waals surface area contributed by atoms with Gasteiger partial charge in [0.1, 0.15) is 0 Å². The fourth-order valence-corrected chi connectivity index (χ4v) is 2.28. The molecule has 0 aliphatic carbocycles. The van der Waals surface area contributed by atoms with Gasteiger partial charge in [-0.25, -0.2) is 0 Å². The molecular formula is C17H24N4O. The van der Waals surface area contributed by atoms with E-state index in [1.54, 1.807) is 11.1 Å². The molecule has 2 aromatic rings. The largest absolute Gasteiger partial charge is 0.378 e. The first-order chi connectivity index (χ1) is 10.5. The molecule has 0 radical (unpaired) electrons. The number of hydrogen-bond acceptors (Lipinski definition) is 3. The second-order valence-corrected chi connectivity index (χ2v) is 5.83. The second-order valence-electron chi connectivity index (χ2n) is 5.83. The van der Waals surface area contributed by atoms with Crippen LogP contribution in [0.5, 0.6) is 0 Å². The summed E-state index contributed by atoms with van der Waals surface area (Å²) in [6, 6.07) is 8.34. The van der Waals surface area contributed by atoms with Gasteiger partial charge >= 0.3 is 0 Å². The molecule has 1 aromatic carbocycles. The van der Waals surface area contributed by atoms with Crippen LogP contribution in [0.25, 0.3) is 0 Å². The average Bonchev–Trinajstić information content (AvgIpc) is 2.90. The molecule has 2 rings (SSSR count). The summed E-state index contributed by atoms with van der Waals surface area (Å²) in [5.74, 6) is 0.150. The van der Waals surface area contributed by atoms with Gasteiger partial charge in [-0.15, -0.1) is 0 Å². The van der Waals surface area contributed by atoms with Crippen molar-refractivity contribution in [2.24, 2.45) is 0 Å². The van der Waals surface area contributed by atoms with Crippen LogP contribution in [0.4, 0.5) is 5.69 Å². The average molecular weight is 300 g/mol. The number of hydrogen-bond donors (Lipinski definition) is 1. The minimum atomic E-state index is 0.150. The monoisotopic (exact) mass is 300 g/mol. The first-order valence-electron chi connectivity index (χ1n) is 7.46. The third-order valence-corrected chi connectivity index (χ3v) is 3.85. The first kappa shape index (κ1) is 16.1. The number of benzene rings is 1. The molecule has 0 atom stereocenters. The van der Waals surface area contributed by atoms with E-state index >= 15 is 0 Å². The molecule has 1 amide bonds. The number of rotatable bonds is 6. The van der Waals surface area contributed by atoms with Crippen LogP contribution in [0, 0.1) is 6.92 Å². The lowest BCUT2D eigenvalue weighted by Gasteiger charge is -2.17. The van der Waals surface area contributed by atoms with Crippen LogP contribution in [-0.4, -0.2) is 42.1 Å². The summed E-state index contributed by atoms with van der Waals surface area (Å²) in [5.41, 5.74) is 4.43.